The molecule has 0 saturated carbocycles. The van der Waals surface area contributed by atoms with E-state index in [1.165, 1.54) is 4.88 Å². The molecule has 0 radical (unpaired) electrons. The van der Waals surface area contributed by atoms with Gasteiger partial charge in [0.15, 0.2) is 5.69 Å². The van der Waals surface area contributed by atoms with Crippen LogP contribution >= 0.6 is 11.3 Å². The maximum absolute atomic E-state index is 11.6. The van der Waals surface area contributed by atoms with Gasteiger partial charge in [0.25, 0.3) is 0 Å². The molecular formula is C13H14ClNO2S. The second-order valence-corrected chi connectivity index (χ2v) is 4.64. The first-order valence-corrected chi connectivity index (χ1v) is 6.32. The summed E-state index contributed by atoms with van der Waals surface area (Å²) in [5, 5.41) is 0. The summed E-state index contributed by atoms with van der Waals surface area (Å²) in [6.07, 6.45) is 0.762. The van der Waals surface area contributed by atoms with Gasteiger partial charge in [-0.2, -0.15) is 0 Å². The highest BCUT2D eigenvalue weighted by Crippen LogP contribution is 2.10. The number of esters is 1. The summed E-state index contributed by atoms with van der Waals surface area (Å²) in [5.41, 5.74) is 3.68. The Kier molecular flexibility index (Phi) is 5.82. The molecule has 0 bridgehead atoms. The van der Waals surface area contributed by atoms with Crippen molar-refractivity contribution in [3.8, 4) is 0 Å². The largest absolute Gasteiger partial charge is 1.00 e. The monoisotopic (exact) mass is 283 g/mol. The second kappa shape index (κ2) is 7.13. The van der Waals surface area contributed by atoms with Gasteiger partial charge in [0.05, 0.1) is 17.0 Å². The van der Waals surface area contributed by atoms with Crippen LogP contribution < -0.4 is 17.4 Å². The molecule has 0 spiro atoms. The summed E-state index contributed by atoms with van der Waals surface area (Å²) in [7, 11) is 0. The number of hydrogen-bond donors (Lipinski definition) is 0. The van der Waals surface area contributed by atoms with Crippen LogP contribution in [0.2, 0.25) is 0 Å². The number of aryl methyl sites for hydroxylation is 1. The Labute approximate surface area is 116 Å². The van der Waals surface area contributed by atoms with Crippen LogP contribution in [0.3, 0.4) is 0 Å². The average Bonchev–Trinajstić information content (AvgIpc) is 2.76. The van der Waals surface area contributed by atoms with Gasteiger partial charge in [-0.1, -0.05) is 29.5 Å². The predicted molar refractivity (Wildman–Crippen MR) is 66.0 cm³/mol. The molecule has 1 aromatic heterocycles. The molecule has 0 saturated heterocycles. The van der Waals surface area contributed by atoms with E-state index < -0.39 is 0 Å². The zero-order valence-corrected chi connectivity index (χ0v) is 11.6. The van der Waals surface area contributed by atoms with E-state index in [2.05, 4.69) is 4.98 Å². The quantitative estimate of drug-likeness (QED) is 0.695. The fourth-order valence-electron chi connectivity index (χ4n) is 1.50. The Morgan fingerprint density at radius 3 is 2.67 bits per heavy atom. The van der Waals surface area contributed by atoms with Crippen LogP contribution in [0, 0.1) is 6.92 Å². The van der Waals surface area contributed by atoms with Crippen LogP contribution in [0.15, 0.2) is 35.8 Å². The lowest BCUT2D eigenvalue weighted by atomic mass is 10.2. The van der Waals surface area contributed by atoms with Crippen LogP contribution in [0.1, 0.15) is 20.9 Å². The van der Waals surface area contributed by atoms with Crippen molar-refractivity contribution in [2.24, 2.45) is 0 Å². The van der Waals surface area contributed by atoms with Crippen molar-refractivity contribution in [1.82, 2.24) is 0 Å². The topological polar surface area (TPSA) is 40.4 Å². The van der Waals surface area contributed by atoms with Gasteiger partial charge in [0.2, 0.25) is 5.51 Å². The third-order valence-electron chi connectivity index (χ3n) is 2.47. The Hall–Kier alpha value is -1.39. The summed E-state index contributed by atoms with van der Waals surface area (Å²) in [6, 6.07) is 9.05. The van der Waals surface area contributed by atoms with Gasteiger partial charge in [-0.25, -0.2) is 9.78 Å². The van der Waals surface area contributed by atoms with Crippen molar-refractivity contribution in [3.63, 3.8) is 0 Å². The highest BCUT2D eigenvalue weighted by molar-refractivity contribution is 7.09. The van der Waals surface area contributed by atoms with E-state index in [1.807, 2.05) is 30.6 Å². The molecule has 1 N–H and O–H groups in total. The molecule has 2 rings (SSSR count). The summed E-state index contributed by atoms with van der Waals surface area (Å²) in [4.78, 5) is 16.0. The lowest BCUT2D eigenvalue weighted by Gasteiger charge is -2.03. The van der Waals surface area contributed by atoms with Crippen LogP contribution in [-0.4, -0.2) is 12.6 Å². The molecule has 0 amide bonds. The Bertz CT molecular complexity index is 499. The molecule has 18 heavy (non-hydrogen) atoms. The fourth-order valence-corrected chi connectivity index (χ4v) is 2.31. The van der Waals surface area contributed by atoms with E-state index in [4.69, 9.17) is 4.74 Å². The molecule has 0 unspecified atom stereocenters. The zero-order valence-electron chi connectivity index (χ0n) is 9.98. The number of hydrogen-bond acceptors (Lipinski definition) is 3. The van der Waals surface area contributed by atoms with Gasteiger partial charge in [-0.3, -0.25) is 0 Å². The van der Waals surface area contributed by atoms with E-state index in [9.17, 15) is 4.79 Å². The summed E-state index contributed by atoms with van der Waals surface area (Å²) in [5.74, 6) is -0.260. The van der Waals surface area contributed by atoms with E-state index in [0.29, 0.717) is 12.2 Å². The number of thiazole rings is 1. The minimum absolute atomic E-state index is 0. The molecule has 0 fully saturated rings. The standard InChI is InChI=1S/C13H13NO2S.ClH/c1-10-12(17-9-14-10)7-8-16-13(15)11-5-3-2-4-6-11;/h2-6,9H,7-8H2,1H3;1H. The molecule has 0 atom stereocenters. The van der Waals surface area contributed by atoms with E-state index in [-0.39, 0.29) is 18.4 Å². The van der Waals surface area contributed by atoms with Crippen molar-refractivity contribution >= 4 is 17.3 Å². The first kappa shape index (κ1) is 14.7. The van der Waals surface area contributed by atoms with E-state index >= 15 is 0 Å². The van der Waals surface area contributed by atoms with E-state index in [0.717, 1.165) is 12.1 Å². The molecule has 0 aliphatic rings. The Balaban J connectivity index is 0.00000162. The zero-order chi connectivity index (χ0) is 12.1. The van der Waals surface area contributed by atoms with Crippen LogP contribution in [-0.2, 0) is 11.2 Å². The molecule has 3 nitrogen and oxygen atoms in total. The number of H-pyrrole nitrogens is 1. The smallest absolute Gasteiger partial charge is 0.338 e. The number of rotatable bonds is 4. The molecule has 0 aliphatic carbocycles. The SMILES string of the molecule is Cc1[nH+]csc1CCOC(=O)c1ccccc1.[Cl-]. The van der Waals surface area contributed by atoms with Gasteiger partial charge in [0.1, 0.15) is 0 Å². The molecule has 1 aromatic carbocycles. The van der Waals surface area contributed by atoms with E-state index in [1.54, 1.807) is 23.5 Å². The Morgan fingerprint density at radius 2 is 2.06 bits per heavy atom. The summed E-state index contributed by atoms with van der Waals surface area (Å²) in [6.45, 7) is 2.44. The molecule has 96 valence electrons. The number of carbonyl (C=O) groups is 1. The molecule has 5 heteroatoms. The highest BCUT2D eigenvalue weighted by atomic mass is 35.5. The van der Waals surface area contributed by atoms with Gasteiger partial charge < -0.3 is 17.1 Å². The maximum atomic E-state index is 11.6. The summed E-state index contributed by atoms with van der Waals surface area (Å²) >= 11 is 1.65. The van der Waals surface area contributed by atoms with Gasteiger partial charge in [-0.15, -0.1) is 0 Å². The number of aromatic nitrogens is 1. The second-order valence-electron chi connectivity index (χ2n) is 3.68. The fraction of sp³-hybridized carbons (Fsp3) is 0.231. The Morgan fingerprint density at radius 1 is 1.33 bits per heavy atom. The normalized spacial score (nSPS) is 9.61. The van der Waals surface area contributed by atoms with Crippen molar-refractivity contribution in [1.29, 1.82) is 0 Å². The first-order chi connectivity index (χ1) is 8.27. The minimum Gasteiger partial charge on any atom is -1.00 e. The lowest BCUT2D eigenvalue weighted by Crippen LogP contribution is -3.00. The minimum atomic E-state index is -0.260. The molecular weight excluding hydrogens is 270 g/mol. The van der Waals surface area contributed by atoms with Gasteiger partial charge in [-0.05, 0) is 12.1 Å². The number of halogens is 1. The third kappa shape index (κ3) is 3.82. The van der Waals surface area contributed by atoms with Crippen molar-refractivity contribution < 1.29 is 26.9 Å². The summed E-state index contributed by atoms with van der Waals surface area (Å²) < 4.78 is 5.21. The van der Waals surface area contributed by atoms with Gasteiger partial charge in [0, 0.05) is 13.3 Å². The van der Waals surface area contributed by atoms with Crippen molar-refractivity contribution in [2.75, 3.05) is 6.61 Å². The maximum Gasteiger partial charge on any atom is 0.338 e. The molecule has 0 aliphatic heterocycles. The number of carbonyl (C=O) groups excluding carboxylic acids is 1. The number of aromatic amines is 1. The first-order valence-electron chi connectivity index (χ1n) is 5.44. The van der Waals surface area contributed by atoms with Crippen LogP contribution in [0.25, 0.3) is 0 Å². The molecule has 1 heterocycles. The number of nitrogens with one attached hydrogen (secondary N) is 1. The number of benzene rings is 1. The lowest BCUT2D eigenvalue weighted by molar-refractivity contribution is -0.380. The predicted octanol–water partition coefficient (Wildman–Crippen LogP) is -0.726. The van der Waals surface area contributed by atoms with Crippen molar-refractivity contribution in [3.05, 3.63) is 52.0 Å². The third-order valence-corrected chi connectivity index (χ3v) is 3.50. The van der Waals surface area contributed by atoms with Crippen LogP contribution in [0.5, 0.6) is 0 Å². The highest BCUT2D eigenvalue weighted by Gasteiger charge is 2.09. The van der Waals surface area contributed by atoms with Crippen molar-refractivity contribution in [2.45, 2.75) is 13.3 Å². The van der Waals surface area contributed by atoms with Gasteiger partial charge >= 0.3 is 5.97 Å². The van der Waals surface area contributed by atoms with Crippen LogP contribution in [0.4, 0.5) is 0 Å². The average molecular weight is 284 g/mol. The number of ether oxygens (including phenoxy) is 1. The molecule has 2 aromatic rings.